The van der Waals surface area contributed by atoms with Crippen LogP contribution < -0.4 is 0 Å². The first-order chi connectivity index (χ1) is 11.2. The van der Waals surface area contributed by atoms with Gasteiger partial charge in [0.2, 0.25) is 0 Å². The van der Waals surface area contributed by atoms with Crippen molar-refractivity contribution in [2.75, 3.05) is 0 Å². The van der Waals surface area contributed by atoms with Gasteiger partial charge in [0.05, 0.1) is 6.10 Å². The van der Waals surface area contributed by atoms with Crippen molar-refractivity contribution in [2.45, 2.75) is 96.5 Å². The largest absolute Gasteiger partial charge is 0 e. The van der Waals surface area contributed by atoms with E-state index in [0.717, 1.165) is 51.4 Å². The molecule has 4 nitrogen and oxygen atoms in total. The van der Waals surface area contributed by atoms with E-state index in [9.17, 15) is 9.90 Å². The molecular formula is C18H34O4Zn2. The van der Waals surface area contributed by atoms with Gasteiger partial charge < -0.3 is 10.2 Å². The Morgan fingerprint density at radius 2 is 1.54 bits per heavy atom. The Bertz CT molecular complexity index is 286. The van der Waals surface area contributed by atoms with Crippen molar-refractivity contribution in [3.8, 4) is 0 Å². The number of unbranched alkanes of at least 4 members (excludes halogenated alkanes) is 8. The number of carboxylic acids is 1. The minimum atomic E-state index is -0.689. The Morgan fingerprint density at radius 3 is 2.17 bits per heavy atom. The molecule has 0 bridgehead atoms. The number of aliphatic hydroxyl groups is 1. The second-order valence-electron chi connectivity index (χ2n) is 5.91. The van der Waals surface area contributed by atoms with Crippen LogP contribution >= 0.6 is 0 Å². The molecule has 0 heterocycles. The first-order valence-electron chi connectivity index (χ1n) is 9.00. The quantitative estimate of drug-likeness (QED) is 0.212. The molecule has 0 rings (SSSR count). The fourth-order valence-corrected chi connectivity index (χ4v) is 2.36. The summed E-state index contributed by atoms with van der Waals surface area (Å²) in [5, 5.41) is 18.3. The van der Waals surface area contributed by atoms with Crippen LogP contribution in [0.25, 0.3) is 0 Å². The fourth-order valence-electron chi connectivity index (χ4n) is 2.36. The number of allylic oxidation sites excluding steroid dienone is 1. The summed E-state index contributed by atoms with van der Waals surface area (Å²) >= 11 is 0.125. The molecule has 0 aliphatic rings. The van der Waals surface area contributed by atoms with Crippen LogP contribution in [0.15, 0.2) is 12.2 Å². The SMILES string of the molecule is CCCCCC[C@@H](O)C/C=C\CCCCCCCC(=O)O.[O]=[Zn].[Zn]. The monoisotopic (exact) mass is 442 g/mol. The summed E-state index contributed by atoms with van der Waals surface area (Å²) in [4.78, 5) is 10.3. The molecule has 134 valence electrons. The van der Waals surface area contributed by atoms with Gasteiger partial charge in [-0.2, -0.15) is 0 Å². The van der Waals surface area contributed by atoms with E-state index in [0.29, 0.717) is 6.42 Å². The first-order valence-corrected chi connectivity index (χ1v) is 10.2. The van der Waals surface area contributed by atoms with Gasteiger partial charge in [-0.1, -0.05) is 64.0 Å². The van der Waals surface area contributed by atoms with Crippen molar-refractivity contribution >= 4 is 5.97 Å². The molecule has 0 aromatic carbocycles. The van der Waals surface area contributed by atoms with E-state index in [1.54, 1.807) is 0 Å². The zero-order valence-corrected chi connectivity index (χ0v) is 21.5. The van der Waals surface area contributed by atoms with Gasteiger partial charge in [-0.25, -0.2) is 0 Å². The normalized spacial score (nSPS) is 11.5. The van der Waals surface area contributed by atoms with Gasteiger partial charge in [-0.15, -0.1) is 0 Å². The van der Waals surface area contributed by atoms with E-state index in [1.807, 2.05) is 0 Å². The predicted octanol–water partition coefficient (Wildman–Crippen LogP) is 4.96. The summed E-state index contributed by atoms with van der Waals surface area (Å²) in [7, 11) is 0. The van der Waals surface area contributed by atoms with Crippen molar-refractivity contribution in [1.29, 1.82) is 0 Å². The molecule has 0 unspecified atom stereocenters. The first kappa shape index (κ1) is 29.0. The average molecular weight is 445 g/mol. The summed E-state index contributed by atoms with van der Waals surface area (Å²) in [6.45, 7) is 2.20. The zero-order valence-electron chi connectivity index (χ0n) is 15.5. The van der Waals surface area contributed by atoms with Gasteiger partial charge >= 0.3 is 27.8 Å². The molecule has 0 radical (unpaired) electrons. The summed E-state index contributed by atoms with van der Waals surface area (Å²) in [6.07, 6.45) is 17.4. The topological polar surface area (TPSA) is 74.6 Å². The van der Waals surface area contributed by atoms with E-state index in [4.69, 9.17) is 8.68 Å². The molecule has 0 aliphatic carbocycles. The maximum absolute atomic E-state index is 10.3. The van der Waals surface area contributed by atoms with Gasteiger partial charge in [-0.3, -0.25) is 4.79 Å². The standard InChI is InChI=1S/C18H34O3.O.2Zn/c1-2-3-4-11-14-17(19)15-12-9-7-5-6-8-10-13-16-18(20)21;;;/h9,12,17,19H,2-8,10-11,13-16H2,1H3,(H,20,21);;;/b12-9-;;;/t17-;;;/m1.../s1. The van der Waals surface area contributed by atoms with Gasteiger partial charge in [0, 0.05) is 25.9 Å². The second kappa shape index (κ2) is 25.5. The van der Waals surface area contributed by atoms with Crippen LogP contribution in [0.4, 0.5) is 0 Å². The zero-order chi connectivity index (χ0) is 17.8. The second-order valence-corrected chi connectivity index (χ2v) is 5.91. The number of aliphatic carboxylic acids is 1. The van der Waals surface area contributed by atoms with Gasteiger partial charge in [0.15, 0.2) is 0 Å². The van der Waals surface area contributed by atoms with E-state index in [2.05, 4.69) is 19.1 Å². The Labute approximate surface area is 170 Å². The van der Waals surface area contributed by atoms with E-state index in [-0.39, 0.29) is 43.8 Å². The van der Waals surface area contributed by atoms with Crippen LogP contribution in [0.2, 0.25) is 0 Å². The molecule has 0 aromatic heterocycles. The van der Waals surface area contributed by atoms with E-state index >= 15 is 0 Å². The molecule has 0 amide bonds. The number of carbonyl (C=O) groups is 1. The molecule has 0 fully saturated rings. The molecule has 0 aromatic rings. The van der Waals surface area contributed by atoms with Crippen molar-refractivity contribution in [3.05, 3.63) is 12.2 Å². The van der Waals surface area contributed by atoms with Gasteiger partial charge in [-0.05, 0) is 32.1 Å². The molecule has 6 heteroatoms. The molecule has 0 spiro atoms. The maximum atomic E-state index is 10.3. The third-order valence-electron chi connectivity index (χ3n) is 3.73. The van der Waals surface area contributed by atoms with Crippen LogP contribution in [0, 0.1) is 0 Å². The molecular weight excluding hydrogens is 411 g/mol. The average Bonchev–Trinajstić information content (AvgIpc) is 2.55. The summed E-state index contributed by atoms with van der Waals surface area (Å²) in [6, 6.07) is 0. The van der Waals surface area contributed by atoms with E-state index < -0.39 is 5.97 Å². The Hall–Kier alpha value is 0.217. The molecule has 0 saturated carbocycles. The number of aliphatic hydroxyl groups excluding tert-OH is 1. The third kappa shape index (κ3) is 27.1. The Morgan fingerprint density at radius 1 is 0.958 bits per heavy atom. The maximum Gasteiger partial charge on any atom is 0 e. The van der Waals surface area contributed by atoms with Crippen molar-refractivity contribution in [1.82, 2.24) is 0 Å². The fraction of sp³-hybridized carbons (Fsp3) is 0.833. The number of hydrogen-bond donors (Lipinski definition) is 2. The molecule has 24 heavy (non-hydrogen) atoms. The molecule has 0 aliphatic heterocycles. The number of carboxylic acid groups (broad SMARTS) is 1. The Kier molecular flexibility index (Phi) is 30.8. The van der Waals surface area contributed by atoms with Crippen LogP contribution in [0.5, 0.6) is 0 Å². The summed E-state index contributed by atoms with van der Waals surface area (Å²) in [5.74, 6) is -0.689. The van der Waals surface area contributed by atoms with Crippen LogP contribution in [-0.4, -0.2) is 22.3 Å². The van der Waals surface area contributed by atoms with Crippen LogP contribution in [-0.2, 0) is 46.1 Å². The summed E-state index contributed by atoms with van der Waals surface area (Å²) < 4.78 is 8.38. The molecule has 1 atom stereocenters. The smallest absolute Gasteiger partial charge is 0 e. The minimum Gasteiger partial charge on any atom is 0 e. The van der Waals surface area contributed by atoms with Crippen LogP contribution in [0.1, 0.15) is 90.4 Å². The van der Waals surface area contributed by atoms with Crippen molar-refractivity contribution in [2.24, 2.45) is 0 Å². The Balaban J connectivity index is -0.00000141. The van der Waals surface area contributed by atoms with Crippen LogP contribution in [0.3, 0.4) is 0 Å². The molecule has 2 N–H and O–H groups in total. The molecule has 0 saturated heterocycles. The predicted molar refractivity (Wildman–Crippen MR) is 89.2 cm³/mol. The number of rotatable bonds is 15. The van der Waals surface area contributed by atoms with Crippen molar-refractivity contribution in [3.63, 3.8) is 0 Å². The number of hydrogen-bond acceptors (Lipinski definition) is 3. The van der Waals surface area contributed by atoms with Crippen molar-refractivity contribution < 1.29 is 56.3 Å². The van der Waals surface area contributed by atoms with Gasteiger partial charge in [0.25, 0.3) is 0 Å². The van der Waals surface area contributed by atoms with E-state index in [1.165, 1.54) is 25.7 Å². The minimum absolute atomic E-state index is 0. The van der Waals surface area contributed by atoms with Gasteiger partial charge in [0.1, 0.15) is 0 Å². The third-order valence-corrected chi connectivity index (χ3v) is 3.73. The summed E-state index contributed by atoms with van der Waals surface area (Å²) in [5.41, 5.74) is 0.